The van der Waals surface area contributed by atoms with Crippen molar-refractivity contribution in [2.24, 2.45) is 11.7 Å². The van der Waals surface area contributed by atoms with E-state index in [-0.39, 0.29) is 24.0 Å². The molecule has 0 spiro atoms. The van der Waals surface area contributed by atoms with Crippen molar-refractivity contribution in [3.05, 3.63) is 41.0 Å². The number of aryl methyl sites for hydroxylation is 1. The summed E-state index contributed by atoms with van der Waals surface area (Å²) in [6.07, 6.45) is 1.66. The molecule has 1 saturated heterocycles. The Morgan fingerprint density at radius 1 is 1.16 bits per heavy atom. The Morgan fingerprint density at radius 2 is 2.00 bits per heavy atom. The second-order valence-electron chi connectivity index (χ2n) is 5.36. The van der Waals surface area contributed by atoms with Crippen molar-refractivity contribution in [2.75, 3.05) is 0 Å². The van der Waals surface area contributed by atoms with Crippen molar-refractivity contribution in [3.8, 4) is 0 Å². The average molecular weight is 256 g/mol. The van der Waals surface area contributed by atoms with Gasteiger partial charge in [-0.05, 0) is 24.0 Å². The molecule has 98 valence electrons. The van der Waals surface area contributed by atoms with Gasteiger partial charge in [-0.1, -0.05) is 24.3 Å². The van der Waals surface area contributed by atoms with Gasteiger partial charge in [0.2, 0.25) is 5.91 Å². The number of amides is 1. The highest BCUT2D eigenvalue weighted by Gasteiger charge is 2.46. The minimum Gasteiger partial charge on any atom is -0.325 e. The van der Waals surface area contributed by atoms with Crippen molar-refractivity contribution >= 4 is 11.6 Å². The fraction of sp³-hybridized carbons (Fsp3) is 0.357. The molecule has 4 rings (SSSR count). The van der Waals surface area contributed by atoms with Crippen LogP contribution in [0.15, 0.2) is 29.8 Å². The summed E-state index contributed by atoms with van der Waals surface area (Å²) in [7, 11) is 0. The van der Waals surface area contributed by atoms with Crippen LogP contribution in [-0.4, -0.2) is 18.1 Å². The van der Waals surface area contributed by atoms with Crippen molar-refractivity contribution in [3.63, 3.8) is 0 Å². The third kappa shape index (κ3) is 1.49. The van der Waals surface area contributed by atoms with E-state index in [1.807, 2.05) is 12.1 Å². The van der Waals surface area contributed by atoms with Crippen molar-refractivity contribution in [1.82, 2.24) is 16.2 Å². The first kappa shape index (κ1) is 11.2. The monoisotopic (exact) mass is 256 g/mol. The maximum Gasteiger partial charge on any atom is 0.232 e. The fourth-order valence-electron chi connectivity index (χ4n) is 3.41. The maximum atomic E-state index is 12.2. The number of nitrogens with two attached hydrogens (primary N) is 1. The number of rotatable bonds is 0. The van der Waals surface area contributed by atoms with Crippen molar-refractivity contribution in [2.45, 2.75) is 25.0 Å². The van der Waals surface area contributed by atoms with Crippen LogP contribution in [0.25, 0.3) is 5.70 Å². The van der Waals surface area contributed by atoms with E-state index in [4.69, 9.17) is 5.73 Å². The number of hydrogen-bond donors (Lipinski definition) is 4. The molecule has 3 aliphatic rings. The zero-order valence-electron chi connectivity index (χ0n) is 10.4. The standard InChI is InChI=1S/C14H16N4O/c15-13-10-12(17-18-13)9-6-5-7-3-1-2-4-8(7)11(9)16-14(10)19/h1-4,10,12-13,17-18H,5-6,15H2,(H,16,19). The predicted octanol–water partition coefficient (Wildman–Crippen LogP) is -0.149. The lowest BCUT2D eigenvalue weighted by atomic mass is 9.79. The fourth-order valence-corrected chi connectivity index (χ4v) is 3.41. The topological polar surface area (TPSA) is 79.2 Å². The lowest BCUT2D eigenvalue weighted by Crippen LogP contribution is -2.50. The second kappa shape index (κ2) is 3.90. The zero-order chi connectivity index (χ0) is 13.0. The van der Waals surface area contributed by atoms with E-state index < -0.39 is 0 Å². The minimum absolute atomic E-state index is 0.00505. The smallest absolute Gasteiger partial charge is 0.232 e. The number of hydrazine groups is 1. The van der Waals surface area contributed by atoms with E-state index in [2.05, 4.69) is 28.3 Å². The molecule has 3 unspecified atom stereocenters. The van der Waals surface area contributed by atoms with Crippen LogP contribution in [0.3, 0.4) is 0 Å². The lowest BCUT2D eigenvalue weighted by Gasteiger charge is -2.34. The molecular weight excluding hydrogens is 240 g/mol. The van der Waals surface area contributed by atoms with Crippen LogP contribution in [0.5, 0.6) is 0 Å². The highest BCUT2D eigenvalue weighted by atomic mass is 16.2. The van der Waals surface area contributed by atoms with Crippen molar-refractivity contribution < 1.29 is 4.79 Å². The van der Waals surface area contributed by atoms with Crippen LogP contribution in [0.4, 0.5) is 0 Å². The SMILES string of the molecule is NC1NNC2C3=C(NC(=O)C12)c1ccccc1CC3. The number of benzene rings is 1. The molecule has 5 heteroatoms. The van der Waals surface area contributed by atoms with E-state index in [0.29, 0.717) is 0 Å². The second-order valence-corrected chi connectivity index (χ2v) is 5.36. The molecule has 19 heavy (non-hydrogen) atoms. The van der Waals surface area contributed by atoms with Gasteiger partial charge in [0.25, 0.3) is 0 Å². The van der Waals surface area contributed by atoms with Gasteiger partial charge < -0.3 is 11.1 Å². The summed E-state index contributed by atoms with van der Waals surface area (Å²) < 4.78 is 0. The summed E-state index contributed by atoms with van der Waals surface area (Å²) in [5.74, 6) is -0.213. The molecule has 0 saturated carbocycles. The minimum atomic E-state index is -0.323. The molecule has 5 N–H and O–H groups in total. The molecule has 0 bridgehead atoms. The molecule has 5 nitrogen and oxygen atoms in total. The highest BCUT2D eigenvalue weighted by molar-refractivity contribution is 5.94. The molecule has 1 aromatic rings. The molecule has 1 fully saturated rings. The van der Waals surface area contributed by atoms with Gasteiger partial charge in [0.05, 0.1) is 18.1 Å². The molecule has 0 aromatic heterocycles. The molecule has 3 atom stereocenters. The van der Waals surface area contributed by atoms with E-state index in [1.54, 1.807) is 0 Å². The molecule has 1 aromatic carbocycles. The number of hydrogen-bond acceptors (Lipinski definition) is 4. The average Bonchev–Trinajstić information content (AvgIpc) is 2.82. The van der Waals surface area contributed by atoms with Gasteiger partial charge in [-0.2, -0.15) is 0 Å². The third-order valence-electron chi connectivity index (χ3n) is 4.35. The maximum absolute atomic E-state index is 12.2. The van der Waals surface area contributed by atoms with Gasteiger partial charge in [0, 0.05) is 11.3 Å². The van der Waals surface area contributed by atoms with Gasteiger partial charge in [-0.15, -0.1) is 0 Å². The van der Waals surface area contributed by atoms with Crippen molar-refractivity contribution in [1.29, 1.82) is 0 Å². The van der Waals surface area contributed by atoms with Gasteiger partial charge >= 0.3 is 0 Å². The number of fused-ring (bicyclic) bond motifs is 4. The highest BCUT2D eigenvalue weighted by Crippen LogP contribution is 2.37. The summed E-state index contributed by atoms with van der Waals surface area (Å²) in [4.78, 5) is 12.2. The summed E-state index contributed by atoms with van der Waals surface area (Å²) in [5.41, 5.74) is 16.8. The Bertz CT molecular complexity index is 595. The summed E-state index contributed by atoms with van der Waals surface area (Å²) in [5, 5.41) is 3.06. The van der Waals surface area contributed by atoms with E-state index in [9.17, 15) is 4.79 Å². The van der Waals surface area contributed by atoms with Gasteiger partial charge in [0.1, 0.15) is 0 Å². The summed E-state index contributed by atoms with van der Waals surface area (Å²) >= 11 is 0. The first-order valence-electron chi connectivity index (χ1n) is 6.64. The third-order valence-corrected chi connectivity index (χ3v) is 4.35. The summed E-state index contributed by atoms with van der Waals surface area (Å²) in [6.45, 7) is 0. The zero-order valence-corrected chi connectivity index (χ0v) is 10.4. The first-order valence-corrected chi connectivity index (χ1v) is 6.64. The van der Waals surface area contributed by atoms with Gasteiger partial charge in [-0.3, -0.25) is 4.79 Å². The predicted molar refractivity (Wildman–Crippen MR) is 71.4 cm³/mol. The van der Waals surface area contributed by atoms with Crippen LogP contribution >= 0.6 is 0 Å². The van der Waals surface area contributed by atoms with Crippen LogP contribution in [-0.2, 0) is 11.2 Å². The van der Waals surface area contributed by atoms with Crippen LogP contribution in [0.2, 0.25) is 0 Å². The number of carbonyl (C=O) groups is 1. The Kier molecular flexibility index (Phi) is 2.29. The normalized spacial score (nSPS) is 32.5. The van der Waals surface area contributed by atoms with E-state index >= 15 is 0 Å². The number of carbonyl (C=O) groups excluding carboxylic acids is 1. The van der Waals surface area contributed by atoms with E-state index in [1.165, 1.54) is 11.1 Å². The van der Waals surface area contributed by atoms with Gasteiger partial charge in [-0.25, -0.2) is 10.9 Å². The van der Waals surface area contributed by atoms with Crippen LogP contribution in [0, 0.1) is 5.92 Å². The van der Waals surface area contributed by atoms with Gasteiger partial charge in [0.15, 0.2) is 0 Å². The summed E-state index contributed by atoms with van der Waals surface area (Å²) in [6, 6.07) is 8.28. The Hall–Kier alpha value is -1.69. The molecule has 0 radical (unpaired) electrons. The quantitative estimate of drug-likeness (QED) is 0.520. The Balaban J connectivity index is 1.86. The molecule has 1 aliphatic carbocycles. The van der Waals surface area contributed by atoms with E-state index in [0.717, 1.165) is 24.1 Å². The first-order chi connectivity index (χ1) is 9.25. The number of nitrogens with one attached hydrogen (secondary N) is 3. The molecular formula is C14H16N4O. The van der Waals surface area contributed by atoms with Crippen LogP contribution in [0.1, 0.15) is 17.5 Å². The largest absolute Gasteiger partial charge is 0.325 e. The lowest BCUT2D eigenvalue weighted by molar-refractivity contribution is -0.124. The molecule has 1 amide bonds. The van der Waals surface area contributed by atoms with Crippen LogP contribution < -0.4 is 21.9 Å². The Labute approximate surface area is 111 Å². The molecule has 2 heterocycles. The molecule has 2 aliphatic heterocycles. The Morgan fingerprint density at radius 3 is 2.89 bits per heavy atom.